The number of carbonyl (C=O) groups excluding carboxylic acids is 1. The number of hydrogen-bond acceptors (Lipinski definition) is 6. The molecule has 0 saturated carbocycles. The highest BCUT2D eigenvalue weighted by Crippen LogP contribution is 2.29. The smallest absolute Gasteiger partial charge is 0.161 e. The minimum absolute atomic E-state index is 0.185. The van der Waals surface area contributed by atoms with Crippen LogP contribution < -0.4 is 5.32 Å². The van der Waals surface area contributed by atoms with Gasteiger partial charge in [0, 0.05) is 67.9 Å². The third-order valence-electron chi connectivity index (χ3n) is 4.96. The molecule has 0 fully saturated rings. The van der Waals surface area contributed by atoms with Crippen LogP contribution in [-0.2, 0) is 18.9 Å². The van der Waals surface area contributed by atoms with Gasteiger partial charge in [0.2, 0.25) is 0 Å². The van der Waals surface area contributed by atoms with Gasteiger partial charge in [-0.25, -0.2) is 9.97 Å². The van der Waals surface area contributed by atoms with E-state index in [1.54, 1.807) is 22.5 Å². The van der Waals surface area contributed by atoms with Crippen molar-refractivity contribution in [3.63, 3.8) is 0 Å². The first-order chi connectivity index (χ1) is 15.0. The lowest BCUT2D eigenvalue weighted by molar-refractivity contribution is -0.117. The lowest BCUT2D eigenvalue weighted by Crippen LogP contribution is -2.07. The summed E-state index contributed by atoms with van der Waals surface area (Å²) in [6.45, 7) is 2.26. The number of nitrogens with zero attached hydrogens (tertiary/aromatic N) is 6. The molecule has 3 heterocycles. The molecule has 8 nitrogen and oxygen atoms in total. The molecular formula is C23H25N7O. The van der Waals surface area contributed by atoms with Crippen LogP contribution in [0.15, 0.2) is 55.2 Å². The van der Waals surface area contributed by atoms with Gasteiger partial charge in [0.15, 0.2) is 5.82 Å². The maximum Gasteiger partial charge on any atom is 0.161 e. The molecule has 4 aromatic rings. The molecule has 0 aliphatic rings. The van der Waals surface area contributed by atoms with Crippen LogP contribution in [0.2, 0.25) is 0 Å². The molecule has 31 heavy (non-hydrogen) atoms. The van der Waals surface area contributed by atoms with Crippen LogP contribution in [0.25, 0.3) is 33.6 Å². The summed E-state index contributed by atoms with van der Waals surface area (Å²) in [6, 6.07) is 8.11. The van der Waals surface area contributed by atoms with E-state index in [0.29, 0.717) is 18.8 Å². The monoisotopic (exact) mass is 415 g/mol. The van der Waals surface area contributed by atoms with Crippen molar-refractivity contribution < 1.29 is 4.79 Å². The van der Waals surface area contributed by atoms with Crippen LogP contribution in [0.5, 0.6) is 0 Å². The van der Waals surface area contributed by atoms with Crippen LogP contribution in [0.1, 0.15) is 19.8 Å². The Bertz CT molecular complexity index is 1210. The second-order valence-corrected chi connectivity index (χ2v) is 7.57. The summed E-state index contributed by atoms with van der Waals surface area (Å²) in [5.74, 6) is 1.55. The Morgan fingerprint density at radius 3 is 2.35 bits per heavy atom. The first-order valence-electron chi connectivity index (χ1n) is 10.2. The van der Waals surface area contributed by atoms with Crippen LogP contribution in [0.3, 0.4) is 0 Å². The topological polar surface area (TPSA) is 90.5 Å². The fourth-order valence-corrected chi connectivity index (χ4v) is 3.38. The number of carbonyl (C=O) groups is 1. The van der Waals surface area contributed by atoms with Crippen molar-refractivity contribution >= 4 is 11.6 Å². The Kier molecular flexibility index (Phi) is 5.88. The number of aryl methyl sites for hydroxylation is 2. The first-order valence-corrected chi connectivity index (χ1v) is 10.2. The van der Waals surface area contributed by atoms with Gasteiger partial charge >= 0.3 is 0 Å². The molecule has 158 valence electrons. The van der Waals surface area contributed by atoms with Gasteiger partial charge < -0.3 is 10.1 Å². The van der Waals surface area contributed by atoms with E-state index in [1.165, 1.54) is 0 Å². The van der Waals surface area contributed by atoms with Crippen LogP contribution in [0.4, 0.5) is 5.82 Å². The van der Waals surface area contributed by atoms with Crippen molar-refractivity contribution in [1.29, 1.82) is 0 Å². The van der Waals surface area contributed by atoms with E-state index in [-0.39, 0.29) is 5.78 Å². The average Bonchev–Trinajstić information content (AvgIpc) is 3.39. The predicted octanol–water partition coefficient (Wildman–Crippen LogP) is 3.73. The van der Waals surface area contributed by atoms with Crippen molar-refractivity contribution in [2.75, 3.05) is 11.9 Å². The number of anilines is 1. The summed E-state index contributed by atoms with van der Waals surface area (Å²) in [7, 11) is 3.78. The molecule has 1 aromatic carbocycles. The molecule has 0 radical (unpaired) electrons. The zero-order chi connectivity index (χ0) is 21.8. The molecule has 8 heteroatoms. The first kappa shape index (κ1) is 20.5. The summed E-state index contributed by atoms with van der Waals surface area (Å²) in [4.78, 5) is 20.7. The van der Waals surface area contributed by atoms with E-state index in [4.69, 9.17) is 4.98 Å². The SMILES string of the molecule is CC(=O)CCCNc1nc(-c2cccc(-c3cnn(C)c3)c2)ncc1-c1cnn(C)c1. The molecule has 0 amide bonds. The maximum absolute atomic E-state index is 11.3. The lowest BCUT2D eigenvalue weighted by atomic mass is 10.1. The Labute approximate surface area is 181 Å². The van der Waals surface area contributed by atoms with Gasteiger partial charge in [0.05, 0.1) is 12.4 Å². The third kappa shape index (κ3) is 4.85. The van der Waals surface area contributed by atoms with Crippen LogP contribution in [0, 0.1) is 0 Å². The number of Topliss-reactive ketones (excluding diaryl/α,β-unsaturated/α-hetero) is 1. The fourth-order valence-electron chi connectivity index (χ4n) is 3.38. The summed E-state index contributed by atoms with van der Waals surface area (Å²) < 4.78 is 3.53. The van der Waals surface area contributed by atoms with Gasteiger partial charge in [-0.15, -0.1) is 0 Å². The zero-order valence-electron chi connectivity index (χ0n) is 17.9. The van der Waals surface area contributed by atoms with Gasteiger partial charge in [-0.1, -0.05) is 18.2 Å². The predicted molar refractivity (Wildman–Crippen MR) is 120 cm³/mol. The van der Waals surface area contributed by atoms with Crippen molar-refractivity contribution in [1.82, 2.24) is 29.5 Å². The summed E-state index contributed by atoms with van der Waals surface area (Å²) in [5, 5.41) is 11.9. The third-order valence-corrected chi connectivity index (χ3v) is 4.96. The number of ketones is 1. The molecule has 0 aliphatic carbocycles. The van der Waals surface area contributed by atoms with Crippen LogP contribution >= 0.6 is 0 Å². The standard InChI is InChI=1S/C23H25N7O/c1-16(31)6-5-9-24-23-21(20-12-27-30(3)15-20)13-25-22(28-23)18-8-4-7-17(10-18)19-11-26-29(2)14-19/h4,7-8,10-15H,5-6,9H2,1-3H3,(H,24,25,28). The van der Waals surface area contributed by atoms with Gasteiger partial charge in [-0.3, -0.25) is 9.36 Å². The minimum atomic E-state index is 0.185. The number of aromatic nitrogens is 6. The number of benzene rings is 1. The molecule has 3 aromatic heterocycles. The van der Waals surface area contributed by atoms with Crippen molar-refractivity contribution in [3.05, 3.63) is 55.2 Å². The number of hydrogen-bond donors (Lipinski definition) is 1. The van der Waals surface area contributed by atoms with Crippen molar-refractivity contribution in [2.24, 2.45) is 14.1 Å². The normalized spacial score (nSPS) is 10.9. The average molecular weight is 416 g/mol. The summed E-state index contributed by atoms with van der Waals surface area (Å²) in [6.07, 6.45) is 10.7. The van der Waals surface area contributed by atoms with Gasteiger partial charge in [-0.2, -0.15) is 10.2 Å². The lowest BCUT2D eigenvalue weighted by Gasteiger charge is -2.12. The summed E-state index contributed by atoms with van der Waals surface area (Å²) >= 11 is 0. The fraction of sp³-hybridized carbons (Fsp3) is 0.261. The van der Waals surface area contributed by atoms with E-state index < -0.39 is 0 Å². The Hall–Kier alpha value is -3.81. The molecule has 1 N–H and O–H groups in total. The van der Waals surface area contributed by atoms with E-state index in [0.717, 1.165) is 40.1 Å². The van der Waals surface area contributed by atoms with Crippen molar-refractivity contribution in [3.8, 4) is 33.6 Å². The summed E-state index contributed by atoms with van der Waals surface area (Å²) in [5.41, 5.74) is 4.83. The molecular weight excluding hydrogens is 390 g/mol. The van der Waals surface area contributed by atoms with E-state index in [2.05, 4.69) is 26.6 Å². The van der Waals surface area contributed by atoms with E-state index in [1.807, 2.05) is 57.1 Å². The second-order valence-electron chi connectivity index (χ2n) is 7.57. The molecule has 0 atom stereocenters. The highest BCUT2D eigenvalue weighted by atomic mass is 16.1. The largest absolute Gasteiger partial charge is 0.369 e. The van der Waals surface area contributed by atoms with E-state index >= 15 is 0 Å². The highest BCUT2D eigenvalue weighted by molar-refractivity contribution is 5.77. The zero-order valence-corrected chi connectivity index (χ0v) is 17.9. The Balaban J connectivity index is 1.67. The molecule has 0 bridgehead atoms. The molecule has 0 saturated heterocycles. The van der Waals surface area contributed by atoms with Gasteiger partial charge in [0.25, 0.3) is 0 Å². The maximum atomic E-state index is 11.3. The highest BCUT2D eigenvalue weighted by Gasteiger charge is 2.13. The Morgan fingerprint density at radius 1 is 0.968 bits per heavy atom. The van der Waals surface area contributed by atoms with E-state index in [9.17, 15) is 4.79 Å². The second kappa shape index (κ2) is 8.91. The molecule has 0 unspecified atom stereocenters. The number of nitrogens with one attached hydrogen (secondary N) is 1. The molecule has 0 spiro atoms. The number of rotatable bonds is 8. The van der Waals surface area contributed by atoms with Gasteiger partial charge in [0.1, 0.15) is 11.6 Å². The Morgan fingerprint density at radius 2 is 1.68 bits per heavy atom. The minimum Gasteiger partial charge on any atom is -0.369 e. The van der Waals surface area contributed by atoms with Crippen LogP contribution in [-0.4, -0.2) is 41.9 Å². The quantitative estimate of drug-likeness (QED) is 0.441. The molecule has 0 aliphatic heterocycles. The van der Waals surface area contributed by atoms with Gasteiger partial charge in [-0.05, 0) is 25.0 Å². The van der Waals surface area contributed by atoms with Crippen molar-refractivity contribution in [2.45, 2.75) is 19.8 Å². The molecule has 4 rings (SSSR count).